The van der Waals surface area contributed by atoms with Crippen LogP contribution in [0.5, 0.6) is 5.88 Å². The molecule has 1 atom stereocenters. The van der Waals surface area contributed by atoms with Gasteiger partial charge in [-0.05, 0) is 0 Å². The third kappa shape index (κ3) is 2.94. The number of nitrogens with one attached hydrogen (secondary N) is 1. The van der Waals surface area contributed by atoms with E-state index < -0.39 is 0 Å². The minimum Gasteiger partial charge on any atom is -0.479 e. The summed E-state index contributed by atoms with van der Waals surface area (Å²) >= 11 is 0. The summed E-state index contributed by atoms with van der Waals surface area (Å²) in [6, 6.07) is -0.271. The maximum Gasteiger partial charge on any atom is 0.242 e. The SMILES string of the molecule is COCC(CO)Nc1ncnc(OC)c1N. The van der Waals surface area contributed by atoms with Gasteiger partial charge < -0.3 is 25.6 Å². The highest BCUT2D eigenvalue weighted by Gasteiger charge is 2.12. The molecule has 0 saturated carbocycles. The first-order valence-corrected chi connectivity index (χ1v) is 4.73. The molecule has 0 fully saturated rings. The number of anilines is 2. The topological polar surface area (TPSA) is 103 Å². The molecule has 7 nitrogen and oxygen atoms in total. The summed E-state index contributed by atoms with van der Waals surface area (Å²) in [6.45, 7) is 0.266. The van der Waals surface area contributed by atoms with E-state index in [2.05, 4.69) is 15.3 Å². The third-order valence-corrected chi connectivity index (χ3v) is 1.97. The number of nitrogens with zero attached hydrogens (tertiary/aromatic N) is 2. The van der Waals surface area contributed by atoms with Gasteiger partial charge in [0.1, 0.15) is 12.0 Å². The highest BCUT2D eigenvalue weighted by atomic mass is 16.5. The fourth-order valence-corrected chi connectivity index (χ4v) is 1.19. The van der Waals surface area contributed by atoms with Crippen LogP contribution in [0.2, 0.25) is 0 Å². The first-order chi connectivity index (χ1) is 7.72. The van der Waals surface area contributed by atoms with Gasteiger partial charge in [0.15, 0.2) is 5.82 Å². The Morgan fingerprint density at radius 3 is 2.81 bits per heavy atom. The van der Waals surface area contributed by atoms with Crippen LogP contribution in [0.25, 0.3) is 0 Å². The van der Waals surface area contributed by atoms with Gasteiger partial charge in [-0.25, -0.2) is 4.98 Å². The van der Waals surface area contributed by atoms with Crippen molar-refractivity contribution in [2.45, 2.75) is 6.04 Å². The fraction of sp³-hybridized carbons (Fsp3) is 0.556. The van der Waals surface area contributed by atoms with E-state index in [9.17, 15) is 0 Å². The Balaban J connectivity index is 2.79. The molecule has 16 heavy (non-hydrogen) atoms. The average molecular weight is 228 g/mol. The number of nitrogen functional groups attached to an aromatic ring is 1. The molecule has 0 aliphatic rings. The van der Waals surface area contributed by atoms with Crippen molar-refractivity contribution in [3.8, 4) is 5.88 Å². The van der Waals surface area contributed by atoms with E-state index in [1.807, 2.05) is 0 Å². The molecule has 1 heterocycles. The number of methoxy groups -OCH3 is 2. The van der Waals surface area contributed by atoms with Crippen molar-refractivity contribution in [2.75, 3.05) is 38.5 Å². The predicted molar refractivity (Wildman–Crippen MR) is 59.4 cm³/mol. The summed E-state index contributed by atoms with van der Waals surface area (Å²) in [4.78, 5) is 7.81. The van der Waals surface area contributed by atoms with Gasteiger partial charge in [0.25, 0.3) is 0 Å². The van der Waals surface area contributed by atoms with Gasteiger partial charge in [-0.3, -0.25) is 0 Å². The van der Waals surface area contributed by atoms with Crippen LogP contribution in [-0.4, -0.2) is 48.5 Å². The molecule has 90 valence electrons. The molecule has 0 bridgehead atoms. The van der Waals surface area contributed by atoms with Crippen LogP contribution in [0.4, 0.5) is 11.5 Å². The Bertz CT molecular complexity index is 335. The monoisotopic (exact) mass is 228 g/mol. The molecule has 0 aliphatic heterocycles. The van der Waals surface area contributed by atoms with Crippen molar-refractivity contribution >= 4 is 11.5 Å². The first-order valence-electron chi connectivity index (χ1n) is 4.73. The second-order valence-electron chi connectivity index (χ2n) is 3.12. The molecule has 0 saturated heterocycles. The lowest BCUT2D eigenvalue weighted by Gasteiger charge is -2.17. The van der Waals surface area contributed by atoms with E-state index in [1.165, 1.54) is 13.4 Å². The number of ether oxygens (including phenoxy) is 2. The molecule has 1 aromatic rings. The number of aliphatic hydroxyl groups is 1. The second kappa shape index (κ2) is 6.09. The molecule has 0 amide bonds. The number of aromatic nitrogens is 2. The lowest BCUT2D eigenvalue weighted by molar-refractivity contribution is 0.153. The number of hydrogen-bond acceptors (Lipinski definition) is 7. The Morgan fingerprint density at radius 2 is 2.25 bits per heavy atom. The zero-order chi connectivity index (χ0) is 12.0. The Morgan fingerprint density at radius 1 is 1.50 bits per heavy atom. The van der Waals surface area contributed by atoms with E-state index in [0.29, 0.717) is 24.0 Å². The molecule has 1 rings (SSSR count). The van der Waals surface area contributed by atoms with Crippen molar-refractivity contribution < 1.29 is 14.6 Å². The van der Waals surface area contributed by atoms with E-state index in [1.54, 1.807) is 7.11 Å². The van der Waals surface area contributed by atoms with Gasteiger partial charge in [0.2, 0.25) is 5.88 Å². The lowest BCUT2D eigenvalue weighted by Crippen LogP contribution is -2.29. The predicted octanol–water partition coefficient (Wildman–Crippen LogP) is -0.513. The maximum atomic E-state index is 9.08. The van der Waals surface area contributed by atoms with Gasteiger partial charge in [0, 0.05) is 7.11 Å². The summed E-state index contributed by atoms with van der Waals surface area (Å²) in [7, 11) is 3.02. The normalized spacial score (nSPS) is 12.2. The van der Waals surface area contributed by atoms with Crippen LogP contribution in [-0.2, 0) is 4.74 Å². The summed E-state index contributed by atoms with van der Waals surface area (Å²) < 4.78 is 9.88. The Hall–Kier alpha value is -1.60. The van der Waals surface area contributed by atoms with Gasteiger partial charge in [-0.15, -0.1) is 0 Å². The van der Waals surface area contributed by atoms with Crippen LogP contribution < -0.4 is 15.8 Å². The van der Waals surface area contributed by atoms with Gasteiger partial charge >= 0.3 is 0 Å². The molecule has 0 spiro atoms. The van der Waals surface area contributed by atoms with Gasteiger partial charge in [0.05, 0.1) is 26.4 Å². The van der Waals surface area contributed by atoms with Crippen molar-refractivity contribution in [1.82, 2.24) is 9.97 Å². The highest BCUT2D eigenvalue weighted by molar-refractivity contribution is 5.66. The number of rotatable bonds is 6. The Kier molecular flexibility index (Phi) is 4.74. The van der Waals surface area contributed by atoms with Crippen LogP contribution in [0, 0.1) is 0 Å². The zero-order valence-electron chi connectivity index (χ0n) is 9.30. The van der Waals surface area contributed by atoms with Crippen LogP contribution in [0.15, 0.2) is 6.33 Å². The zero-order valence-corrected chi connectivity index (χ0v) is 9.30. The fourth-order valence-electron chi connectivity index (χ4n) is 1.19. The van der Waals surface area contributed by atoms with Crippen LogP contribution >= 0.6 is 0 Å². The summed E-state index contributed by atoms with van der Waals surface area (Å²) in [5.74, 6) is 0.717. The molecule has 0 radical (unpaired) electrons. The molecule has 1 unspecified atom stereocenters. The lowest BCUT2D eigenvalue weighted by atomic mass is 10.3. The molecular formula is C9H16N4O3. The summed E-state index contributed by atoms with van der Waals surface area (Å²) in [5.41, 5.74) is 6.06. The molecule has 0 aromatic carbocycles. The number of nitrogens with two attached hydrogens (primary N) is 1. The molecule has 7 heteroatoms. The highest BCUT2D eigenvalue weighted by Crippen LogP contribution is 2.24. The van der Waals surface area contributed by atoms with E-state index >= 15 is 0 Å². The van der Waals surface area contributed by atoms with E-state index in [0.717, 1.165) is 0 Å². The molecule has 1 aromatic heterocycles. The van der Waals surface area contributed by atoms with Crippen LogP contribution in [0.3, 0.4) is 0 Å². The van der Waals surface area contributed by atoms with Crippen molar-refractivity contribution in [1.29, 1.82) is 0 Å². The number of aliphatic hydroxyl groups excluding tert-OH is 1. The minimum atomic E-state index is -0.271. The van der Waals surface area contributed by atoms with Gasteiger partial charge in [-0.1, -0.05) is 0 Å². The third-order valence-electron chi connectivity index (χ3n) is 1.97. The van der Waals surface area contributed by atoms with Gasteiger partial charge in [-0.2, -0.15) is 4.98 Å². The maximum absolute atomic E-state index is 9.08. The van der Waals surface area contributed by atoms with E-state index in [-0.39, 0.29) is 12.6 Å². The summed E-state index contributed by atoms with van der Waals surface area (Å²) in [5, 5.41) is 12.0. The van der Waals surface area contributed by atoms with Crippen molar-refractivity contribution in [3.05, 3.63) is 6.33 Å². The van der Waals surface area contributed by atoms with Crippen molar-refractivity contribution in [2.24, 2.45) is 0 Å². The number of hydrogen-bond donors (Lipinski definition) is 3. The average Bonchev–Trinajstić information content (AvgIpc) is 2.31. The van der Waals surface area contributed by atoms with E-state index in [4.69, 9.17) is 20.3 Å². The van der Waals surface area contributed by atoms with Crippen molar-refractivity contribution in [3.63, 3.8) is 0 Å². The minimum absolute atomic E-state index is 0.0837. The summed E-state index contributed by atoms with van der Waals surface area (Å²) in [6.07, 6.45) is 1.33. The van der Waals surface area contributed by atoms with Crippen LogP contribution in [0.1, 0.15) is 0 Å². The molecule has 4 N–H and O–H groups in total. The standard InChI is InChI=1S/C9H16N4O3/c1-15-4-6(3-14)13-8-7(10)9(16-2)12-5-11-8/h5-6,14H,3-4,10H2,1-2H3,(H,11,12,13). The molecular weight excluding hydrogens is 212 g/mol. The smallest absolute Gasteiger partial charge is 0.242 e. The first kappa shape index (κ1) is 12.5. The molecule has 0 aliphatic carbocycles. The largest absolute Gasteiger partial charge is 0.479 e. The Labute approximate surface area is 93.6 Å². The quantitative estimate of drug-likeness (QED) is 0.602. The second-order valence-corrected chi connectivity index (χ2v) is 3.12.